The van der Waals surface area contributed by atoms with Gasteiger partial charge >= 0.3 is 5.97 Å². The smallest absolute Gasteiger partial charge is 0.338 e. The minimum atomic E-state index is -3.10. The quantitative estimate of drug-likeness (QED) is 0.702. The molecule has 1 amide bonds. The molecule has 1 saturated heterocycles. The number of carbonyl (C=O) groups excluding carboxylic acids is 2. The van der Waals surface area contributed by atoms with E-state index in [1.54, 1.807) is 17.0 Å². The molecule has 1 aliphatic heterocycles. The van der Waals surface area contributed by atoms with Gasteiger partial charge in [-0.15, -0.1) is 0 Å². The first kappa shape index (κ1) is 19.9. The summed E-state index contributed by atoms with van der Waals surface area (Å²) in [6, 6.07) is 12.7. The summed E-state index contributed by atoms with van der Waals surface area (Å²) < 4.78 is 29.1. The van der Waals surface area contributed by atoms with Crippen LogP contribution in [0, 0.1) is 0 Å². The molecule has 7 heteroatoms. The zero-order valence-corrected chi connectivity index (χ0v) is 17.1. The molecule has 0 unspecified atom stereocenters. The molecule has 6 nitrogen and oxygen atoms in total. The van der Waals surface area contributed by atoms with Crippen molar-refractivity contribution in [2.75, 3.05) is 18.1 Å². The fourth-order valence-electron chi connectivity index (χ4n) is 4.48. The zero-order chi connectivity index (χ0) is 20.4. The van der Waals surface area contributed by atoms with E-state index in [2.05, 4.69) is 0 Å². The van der Waals surface area contributed by atoms with Crippen molar-refractivity contribution in [1.82, 2.24) is 4.90 Å². The fourth-order valence-corrected chi connectivity index (χ4v) is 6.20. The lowest BCUT2D eigenvalue weighted by Gasteiger charge is -2.33. The van der Waals surface area contributed by atoms with Gasteiger partial charge in [0.15, 0.2) is 16.4 Å². The van der Waals surface area contributed by atoms with Gasteiger partial charge in [-0.25, -0.2) is 13.2 Å². The van der Waals surface area contributed by atoms with Crippen LogP contribution in [-0.2, 0) is 19.4 Å². The van der Waals surface area contributed by atoms with Crippen LogP contribution in [0.3, 0.4) is 0 Å². The summed E-state index contributed by atoms with van der Waals surface area (Å²) in [5.41, 5.74) is 0.396. The average molecular weight is 416 g/mol. The maximum atomic E-state index is 12.9. The second-order valence-electron chi connectivity index (χ2n) is 7.93. The molecule has 0 radical (unpaired) electrons. The van der Waals surface area contributed by atoms with E-state index in [-0.39, 0.29) is 36.1 Å². The first-order valence-corrected chi connectivity index (χ1v) is 11.9. The molecular formula is C22H25NO5S. The van der Waals surface area contributed by atoms with E-state index in [9.17, 15) is 18.0 Å². The Hall–Kier alpha value is -2.41. The van der Waals surface area contributed by atoms with Gasteiger partial charge in [0.05, 0.1) is 17.1 Å². The molecule has 0 spiro atoms. The van der Waals surface area contributed by atoms with Crippen molar-refractivity contribution in [2.24, 2.45) is 0 Å². The summed E-state index contributed by atoms with van der Waals surface area (Å²) in [5, 5.41) is 1.95. The third-order valence-electron chi connectivity index (χ3n) is 5.92. The van der Waals surface area contributed by atoms with Gasteiger partial charge in [-0.2, -0.15) is 0 Å². The highest BCUT2D eigenvalue weighted by Gasteiger charge is 2.39. The lowest BCUT2D eigenvalue weighted by molar-refractivity contribution is -0.139. The monoisotopic (exact) mass is 415 g/mol. The van der Waals surface area contributed by atoms with Crippen molar-refractivity contribution in [3.63, 3.8) is 0 Å². The highest BCUT2D eigenvalue weighted by atomic mass is 32.2. The first-order chi connectivity index (χ1) is 13.9. The van der Waals surface area contributed by atoms with E-state index >= 15 is 0 Å². The summed E-state index contributed by atoms with van der Waals surface area (Å²) in [6.45, 7) is -0.362. The van der Waals surface area contributed by atoms with E-state index in [0.717, 1.165) is 36.5 Å². The number of carbonyl (C=O) groups is 2. The normalized spacial score (nSPS) is 21.3. The summed E-state index contributed by atoms with van der Waals surface area (Å²) in [7, 11) is -3.10. The van der Waals surface area contributed by atoms with Gasteiger partial charge in [0.25, 0.3) is 5.91 Å². The summed E-state index contributed by atoms with van der Waals surface area (Å²) in [5.74, 6) is -0.721. The van der Waals surface area contributed by atoms with Crippen molar-refractivity contribution in [3.8, 4) is 0 Å². The van der Waals surface area contributed by atoms with Crippen LogP contribution in [0.25, 0.3) is 10.8 Å². The molecule has 2 aliphatic rings. The maximum absolute atomic E-state index is 12.9. The van der Waals surface area contributed by atoms with E-state index < -0.39 is 15.8 Å². The number of ether oxygens (including phenoxy) is 1. The number of hydrogen-bond acceptors (Lipinski definition) is 5. The van der Waals surface area contributed by atoms with Crippen molar-refractivity contribution in [2.45, 2.75) is 44.2 Å². The highest BCUT2D eigenvalue weighted by Crippen LogP contribution is 2.29. The van der Waals surface area contributed by atoms with Crippen molar-refractivity contribution in [1.29, 1.82) is 0 Å². The van der Waals surface area contributed by atoms with Gasteiger partial charge in [0.1, 0.15) is 0 Å². The molecule has 2 fully saturated rings. The fraction of sp³-hybridized carbons (Fsp3) is 0.455. The standard InChI is InChI=1S/C22H25NO5S/c24-21(23(19-7-3-4-8-19)20-11-12-29(26,27)15-20)14-28-22(25)18-10-9-16-5-1-2-6-17(16)13-18/h1-2,5-6,9-10,13,19-20H,3-4,7-8,11-12,14-15H2/t20-/m1/s1. The number of sulfone groups is 1. The third-order valence-corrected chi connectivity index (χ3v) is 7.67. The Morgan fingerprint density at radius 1 is 0.966 bits per heavy atom. The molecule has 4 rings (SSSR count). The molecule has 0 N–H and O–H groups in total. The summed E-state index contributed by atoms with van der Waals surface area (Å²) in [6.07, 6.45) is 4.28. The van der Waals surface area contributed by atoms with Crippen molar-refractivity contribution >= 4 is 32.5 Å². The van der Waals surface area contributed by atoms with Gasteiger partial charge in [-0.3, -0.25) is 4.79 Å². The van der Waals surface area contributed by atoms with Crippen molar-refractivity contribution < 1.29 is 22.7 Å². The van der Waals surface area contributed by atoms with E-state index in [1.165, 1.54) is 0 Å². The lowest BCUT2D eigenvalue weighted by atomic mass is 10.1. The van der Waals surface area contributed by atoms with E-state index in [4.69, 9.17) is 4.74 Å². The molecule has 0 bridgehead atoms. The number of esters is 1. The Morgan fingerprint density at radius 2 is 1.69 bits per heavy atom. The Kier molecular flexibility index (Phi) is 5.58. The van der Waals surface area contributed by atoms with Crippen LogP contribution in [0.2, 0.25) is 0 Å². The molecule has 1 aliphatic carbocycles. The Labute approximate surface area is 170 Å². The molecular weight excluding hydrogens is 390 g/mol. The number of benzene rings is 2. The Morgan fingerprint density at radius 3 is 2.38 bits per heavy atom. The minimum Gasteiger partial charge on any atom is -0.452 e. The van der Waals surface area contributed by atoms with Crippen LogP contribution in [0.1, 0.15) is 42.5 Å². The van der Waals surface area contributed by atoms with Gasteiger partial charge < -0.3 is 9.64 Å². The number of rotatable bonds is 5. The minimum absolute atomic E-state index is 0.00780. The van der Waals surface area contributed by atoms with E-state index in [1.807, 2.05) is 30.3 Å². The van der Waals surface area contributed by atoms with Gasteiger partial charge in [-0.1, -0.05) is 43.2 Å². The highest BCUT2D eigenvalue weighted by molar-refractivity contribution is 7.91. The molecule has 1 atom stereocenters. The molecule has 1 heterocycles. The number of fused-ring (bicyclic) bond motifs is 1. The Balaban J connectivity index is 1.44. The van der Waals surface area contributed by atoms with Crippen LogP contribution >= 0.6 is 0 Å². The van der Waals surface area contributed by atoms with E-state index in [0.29, 0.717) is 12.0 Å². The SMILES string of the molecule is O=C(OCC(=O)N(C1CCCC1)[C@@H]1CCS(=O)(=O)C1)c1ccc2ccccc2c1. The van der Waals surface area contributed by atoms with Crippen molar-refractivity contribution in [3.05, 3.63) is 48.0 Å². The molecule has 154 valence electrons. The lowest BCUT2D eigenvalue weighted by Crippen LogP contribution is -2.48. The summed E-state index contributed by atoms with van der Waals surface area (Å²) >= 11 is 0. The molecule has 1 saturated carbocycles. The molecule has 2 aromatic rings. The van der Waals surface area contributed by atoms with Gasteiger partial charge in [0, 0.05) is 12.1 Å². The van der Waals surface area contributed by atoms with Crippen LogP contribution in [-0.4, -0.2) is 55.4 Å². The predicted molar refractivity (Wildman–Crippen MR) is 110 cm³/mol. The van der Waals surface area contributed by atoms with Crippen LogP contribution in [0.4, 0.5) is 0 Å². The third kappa shape index (κ3) is 4.45. The number of amides is 1. The van der Waals surface area contributed by atoms with Gasteiger partial charge in [-0.05, 0) is 42.2 Å². The molecule has 0 aromatic heterocycles. The number of hydrogen-bond donors (Lipinski definition) is 0. The number of nitrogens with zero attached hydrogens (tertiary/aromatic N) is 1. The second kappa shape index (κ2) is 8.14. The van der Waals surface area contributed by atoms with Crippen LogP contribution in [0.15, 0.2) is 42.5 Å². The Bertz CT molecular complexity index is 1030. The topological polar surface area (TPSA) is 80.8 Å². The second-order valence-corrected chi connectivity index (χ2v) is 10.2. The maximum Gasteiger partial charge on any atom is 0.338 e. The first-order valence-electron chi connectivity index (χ1n) is 10.1. The predicted octanol–water partition coefficient (Wildman–Crippen LogP) is 2.95. The van der Waals surface area contributed by atoms with Gasteiger partial charge in [0.2, 0.25) is 0 Å². The van der Waals surface area contributed by atoms with Crippen LogP contribution in [0.5, 0.6) is 0 Å². The molecule has 2 aromatic carbocycles. The largest absolute Gasteiger partial charge is 0.452 e. The average Bonchev–Trinajstić information content (AvgIpc) is 3.36. The van der Waals surface area contributed by atoms with Crippen LogP contribution < -0.4 is 0 Å². The zero-order valence-electron chi connectivity index (χ0n) is 16.2. The summed E-state index contributed by atoms with van der Waals surface area (Å²) in [4.78, 5) is 27.1. The molecule has 29 heavy (non-hydrogen) atoms.